The minimum Gasteiger partial charge on any atom is -0.296 e. The molecule has 4 aromatic rings. The normalized spacial score (nSPS) is 12.4. The molecule has 2 amide bonds. The highest BCUT2D eigenvalue weighted by molar-refractivity contribution is 6.04. The molecule has 1 aliphatic heterocycles. The van der Waals surface area contributed by atoms with Crippen LogP contribution >= 0.6 is 0 Å². The minimum atomic E-state index is -0.148. The zero-order valence-corrected chi connectivity index (χ0v) is 18.3. The number of hydrogen-bond donors (Lipinski definition) is 1. The number of nitrogens with one attached hydrogen (secondary N) is 1. The molecule has 162 valence electrons. The Morgan fingerprint density at radius 2 is 0.667 bits per heavy atom. The summed E-state index contributed by atoms with van der Waals surface area (Å²) in [6.45, 7) is 0. The van der Waals surface area contributed by atoms with Crippen LogP contribution in [-0.2, 0) is 9.59 Å². The Bertz CT molecular complexity index is 1050. The number of hydrogen-bond acceptors (Lipinski definition) is 2. The van der Waals surface area contributed by atoms with Crippen molar-refractivity contribution in [2.75, 3.05) is 0 Å². The summed E-state index contributed by atoms with van der Waals surface area (Å²) in [4.78, 5) is 20.2. The summed E-state index contributed by atoms with van der Waals surface area (Å²) in [7, 11) is 0. The fraction of sp³-hybridized carbons (Fsp3) is 0.0667. The van der Waals surface area contributed by atoms with Crippen LogP contribution in [0.4, 0.5) is 0 Å². The van der Waals surface area contributed by atoms with E-state index in [2.05, 4.69) is 127 Å². The fourth-order valence-electron chi connectivity index (χ4n) is 3.84. The van der Waals surface area contributed by atoms with Crippen molar-refractivity contribution >= 4 is 23.0 Å². The van der Waals surface area contributed by atoms with Crippen LogP contribution in [0.2, 0.25) is 0 Å². The number of carbonyl (C=O) groups is 2. The fourth-order valence-corrected chi connectivity index (χ4v) is 3.84. The summed E-state index contributed by atoms with van der Waals surface area (Å²) in [6, 6.07) is 42.6. The Kier molecular flexibility index (Phi) is 7.24. The highest BCUT2D eigenvalue weighted by Gasteiger charge is 2.16. The van der Waals surface area contributed by atoms with Gasteiger partial charge in [0.25, 0.3) is 0 Å². The first-order valence-electron chi connectivity index (χ1n) is 11.0. The van der Waals surface area contributed by atoms with E-state index in [1.807, 2.05) is 0 Å². The minimum absolute atomic E-state index is 0.148. The molecule has 0 aromatic heterocycles. The number of rotatable bonds is 4. The van der Waals surface area contributed by atoms with Gasteiger partial charge in [-0.3, -0.25) is 14.9 Å². The summed E-state index contributed by atoms with van der Waals surface area (Å²) >= 11 is 0. The molecule has 0 aliphatic carbocycles. The van der Waals surface area contributed by atoms with Crippen LogP contribution in [0, 0.1) is 0 Å². The molecule has 0 spiro atoms. The van der Waals surface area contributed by atoms with Crippen LogP contribution in [0.15, 0.2) is 121 Å². The van der Waals surface area contributed by atoms with Crippen molar-refractivity contribution in [3.8, 4) is 0 Å². The first kappa shape index (κ1) is 22.0. The van der Waals surface area contributed by atoms with Gasteiger partial charge in [0.05, 0.1) is 0 Å². The lowest BCUT2D eigenvalue weighted by molar-refractivity contribution is -0.124. The van der Waals surface area contributed by atoms with E-state index in [0.29, 0.717) is 12.8 Å². The topological polar surface area (TPSA) is 46.2 Å². The van der Waals surface area contributed by atoms with Gasteiger partial charge in [-0.1, -0.05) is 121 Å². The third kappa shape index (κ3) is 5.72. The SMILES string of the molecule is O=C1CCC(=O)N1.c1ccc(C(=C(c2ccccc2)c2ccccc2)c2ccccc2)cc1. The second-order valence-corrected chi connectivity index (χ2v) is 7.69. The highest BCUT2D eigenvalue weighted by atomic mass is 16.2. The standard InChI is InChI=1S/C26H20.C4H5NO2/c1-5-13-21(14-6-1)25(22-15-7-2-8-16-22)26(23-17-9-3-10-18-23)24-19-11-4-12-20-24;6-3-1-2-4(7)5-3/h1-20H;1-2H2,(H,5,6,7). The van der Waals surface area contributed by atoms with Gasteiger partial charge in [0, 0.05) is 12.8 Å². The maximum Gasteiger partial charge on any atom is 0.227 e. The van der Waals surface area contributed by atoms with Crippen molar-refractivity contribution in [2.45, 2.75) is 12.8 Å². The molecular weight excluding hydrogens is 406 g/mol. The summed E-state index contributed by atoms with van der Waals surface area (Å²) in [5.74, 6) is -0.296. The van der Waals surface area contributed by atoms with Crippen molar-refractivity contribution < 1.29 is 9.59 Å². The average molecular weight is 432 g/mol. The second kappa shape index (κ2) is 10.9. The van der Waals surface area contributed by atoms with Crippen LogP contribution < -0.4 is 5.32 Å². The van der Waals surface area contributed by atoms with E-state index in [4.69, 9.17) is 0 Å². The molecule has 0 saturated carbocycles. The Morgan fingerprint density at radius 1 is 0.424 bits per heavy atom. The first-order chi connectivity index (χ1) is 16.2. The van der Waals surface area contributed by atoms with Gasteiger partial charge >= 0.3 is 0 Å². The van der Waals surface area contributed by atoms with E-state index in [9.17, 15) is 9.59 Å². The number of benzene rings is 4. The third-order valence-corrected chi connectivity index (χ3v) is 5.36. The molecule has 0 unspecified atom stereocenters. The summed E-state index contributed by atoms with van der Waals surface area (Å²) in [5, 5.41) is 2.14. The third-order valence-electron chi connectivity index (χ3n) is 5.36. The van der Waals surface area contributed by atoms with E-state index in [-0.39, 0.29) is 11.8 Å². The molecule has 0 bridgehead atoms. The molecule has 5 rings (SSSR count). The molecular formula is C30H25NO2. The van der Waals surface area contributed by atoms with Gasteiger partial charge in [-0.05, 0) is 33.4 Å². The van der Waals surface area contributed by atoms with Gasteiger partial charge in [-0.25, -0.2) is 0 Å². The number of imide groups is 1. The van der Waals surface area contributed by atoms with Gasteiger partial charge < -0.3 is 0 Å². The zero-order chi connectivity index (χ0) is 22.9. The quantitative estimate of drug-likeness (QED) is 0.313. The molecule has 33 heavy (non-hydrogen) atoms. The van der Waals surface area contributed by atoms with Crippen molar-refractivity contribution in [2.24, 2.45) is 0 Å². The molecule has 4 aromatic carbocycles. The summed E-state index contributed by atoms with van der Waals surface area (Å²) in [6.07, 6.45) is 0.748. The lowest BCUT2D eigenvalue weighted by Gasteiger charge is -2.18. The van der Waals surface area contributed by atoms with Gasteiger partial charge in [0.2, 0.25) is 11.8 Å². The van der Waals surface area contributed by atoms with Crippen molar-refractivity contribution in [3.63, 3.8) is 0 Å². The van der Waals surface area contributed by atoms with E-state index >= 15 is 0 Å². The van der Waals surface area contributed by atoms with Crippen LogP contribution in [0.5, 0.6) is 0 Å². The molecule has 1 fully saturated rings. The zero-order valence-electron chi connectivity index (χ0n) is 18.3. The number of amides is 2. The summed E-state index contributed by atoms with van der Waals surface area (Å²) < 4.78 is 0. The predicted molar refractivity (Wildman–Crippen MR) is 133 cm³/mol. The highest BCUT2D eigenvalue weighted by Crippen LogP contribution is 2.36. The predicted octanol–water partition coefficient (Wildman–Crippen LogP) is 6.12. The van der Waals surface area contributed by atoms with E-state index in [1.165, 1.54) is 33.4 Å². The molecule has 0 atom stereocenters. The Hall–Kier alpha value is -4.24. The summed E-state index contributed by atoms with van der Waals surface area (Å²) in [5.41, 5.74) is 7.40. The average Bonchev–Trinajstić information content (AvgIpc) is 3.27. The largest absolute Gasteiger partial charge is 0.296 e. The molecule has 1 aliphatic rings. The van der Waals surface area contributed by atoms with Crippen molar-refractivity contribution in [1.82, 2.24) is 5.32 Å². The molecule has 3 nitrogen and oxygen atoms in total. The monoisotopic (exact) mass is 431 g/mol. The first-order valence-corrected chi connectivity index (χ1v) is 11.0. The Morgan fingerprint density at radius 3 is 0.848 bits per heavy atom. The molecule has 1 saturated heterocycles. The smallest absolute Gasteiger partial charge is 0.227 e. The maximum absolute atomic E-state index is 10.1. The maximum atomic E-state index is 10.1. The van der Waals surface area contributed by atoms with E-state index < -0.39 is 0 Å². The lowest BCUT2D eigenvalue weighted by Crippen LogP contribution is -2.18. The Balaban J connectivity index is 0.000000318. The van der Waals surface area contributed by atoms with Crippen LogP contribution in [-0.4, -0.2) is 11.8 Å². The van der Waals surface area contributed by atoms with Gasteiger partial charge in [-0.2, -0.15) is 0 Å². The van der Waals surface area contributed by atoms with Gasteiger partial charge in [0.1, 0.15) is 0 Å². The Labute approximate surface area is 194 Å². The molecule has 3 heteroatoms. The van der Waals surface area contributed by atoms with Crippen molar-refractivity contribution in [1.29, 1.82) is 0 Å². The molecule has 0 radical (unpaired) electrons. The van der Waals surface area contributed by atoms with Crippen LogP contribution in [0.3, 0.4) is 0 Å². The van der Waals surface area contributed by atoms with Crippen LogP contribution in [0.1, 0.15) is 35.1 Å². The van der Waals surface area contributed by atoms with Gasteiger partial charge in [-0.15, -0.1) is 0 Å². The van der Waals surface area contributed by atoms with Crippen LogP contribution in [0.25, 0.3) is 11.1 Å². The number of carbonyl (C=O) groups excluding carboxylic acids is 2. The molecule has 1 heterocycles. The molecule has 1 N–H and O–H groups in total. The van der Waals surface area contributed by atoms with Crippen molar-refractivity contribution in [3.05, 3.63) is 144 Å². The van der Waals surface area contributed by atoms with E-state index in [0.717, 1.165) is 0 Å². The lowest BCUT2D eigenvalue weighted by atomic mass is 9.86. The van der Waals surface area contributed by atoms with Gasteiger partial charge in [0.15, 0.2) is 0 Å². The second-order valence-electron chi connectivity index (χ2n) is 7.69. The van der Waals surface area contributed by atoms with E-state index in [1.54, 1.807) is 0 Å².